The van der Waals surface area contributed by atoms with Gasteiger partial charge in [0.05, 0.1) is 4.92 Å². The van der Waals surface area contributed by atoms with E-state index in [0.717, 1.165) is 0 Å². The fourth-order valence-corrected chi connectivity index (χ4v) is 1.66. The van der Waals surface area contributed by atoms with E-state index >= 15 is 0 Å². The maximum atomic E-state index is 10.9. The number of nitrogens with zero attached hydrogens (tertiary/aromatic N) is 1. The van der Waals surface area contributed by atoms with Crippen molar-refractivity contribution in [1.29, 1.82) is 0 Å². The van der Waals surface area contributed by atoms with Crippen molar-refractivity contribution in [3.63, 3.8) is 0 Å². The van der Waals surface area contributed by atoms with E-state index in [9.17, 15) is 10.1 Å². The monoisotopic (exact) mass is 263 g/mol. The van der Waals surface area contributed by atoms with Crippen molar-refractivity contribution in [2.45, 2.75) is 6.92 Å². The maximum absolute atomic E-state index is 10.9. The van der Waals surface area contributed by atoms with Gasteiger partial charge in [0, 0.05) is 11.1 Å². The van der Waals surface area contributed by atoms with Gasteiger partial charge in [-0.3, -0.25) is 10.1 Å². The Labute approximate surface area is 109 Å². The van der Waals surface area contributed by atoms with E-state index in [1.165, 1.54) is 6.07 Å². The smallest absolute Gasteiger partial charge is 0.311 e. The van der Waals surface area contributed by atoms with Crippen LogP contribution < -0.4 is 4.74 Å². The number of halogens is 1. The second kappa shape index (κ2) is 5.06. The third-order valence-corrected chi connectivity index (χ3v) is 2.67. The van der Waals surface area contributed by atoms with Crippen LogP contribution in [0.5, 0.6) is 11.5 Å². The van der Waals surface area contributed by atoms with E-state index in [1.807, 2.05) is 0 Å². The number of rotatable bonds is 3. The van der Waals surface area contributed by atoms with Crippen molar-refractivity contribution in [1.82, 2.24) is 0 Å². The molecule has 4 nitrogen and oxygen atoms in total. The van der Waals surface area contributed by atoms with E-state index in [1.54, 1.807) is 43.3 Å². The molecule has 18 heavy (non-hydrogen) atoms. The summed E-state index contributed by atoms with van der Waals surface area (Å²) in [6.45, 7) is 1.76. The molecular formula is C13H10ClNO3. The first kappa shape index (κ1) is 12.4. The Balaban J connectivity index is 2.39. The molecule has 0 aromatic heterocycles. The Kier molecular flexibility index (Phi) is 3.48. The summed E-state index contributed by atoms with van der Waals surface area (Å²) >= 11 is 5.76. The molecule has 0 amide bonds. The molecule has 0 saturated carbocycles. The number of hydrogen-bond donors (Lipinski definition) is 0. The molecule has 0 heterocycles. The van der Waals surface area contributed by atoms with Gasteiger partial charge in [-0.25, -0.2) is 0 Å². The van der Waals surface area contributed by atoms with E-state index in [2.05, 4.69) is 0 Å². The summed E-state index contributed by atoms with van der Waals surface area (Å²) in [7, 11) is 0. The third kappa shape index (κ3) is 2.60. The lowest BCUT2D eigenvalue weighted by atomic mass is 10.2. The quantitative estimate of drug-likeness (QED) is 0.611. The Morgan fingerprint density at radius 1 is 1.17 bits per heavy atom. The molecule has 0 radical (unpaired) electrons. The van der Waals surface area contributed by atoms with Gasteiger partial charge >= 0.3 is 5.69 Å². The van der Waals surface area contributed by atoms with Crippen LogP contribution in [0.15, 0.2) is 42.5 Å². The van der Waals surface area contributed by atoms with E-state index in [0.29, 0.717) is 16.3 Å². The van der Waals surface area contributed by atoms with Gasteiger partial charge in [0.15, 0.2) is 0 Å². The Bertz CT molecular complexity index is 581. The largest absolute Gasteiger partial charge is 0.450 e. The molecule has 0 aliphatic carbocycles. The van der Waals surface area contributed by atoms with Crippen molar-refractivity contribution in [2.75, 3.05) is 0 Å². The molecule has 5 heteroatoms. The molecule has 2 aromatic rings. The molecule has 0 aliphatic heterocycles. The van der Waals surface area contributed by atoms with Crippen molar-refractivity contribution >= 4 is 17.3 Å². The minimum Gasteiger partial charge on any atom is -0.450 e. The highest BCUT2D eigenvalue weighted by molar-refractivity contribution is 6.30. The SMILES string of the molecule is Cc1cccc([N+](=O)[O-])c1Oc1ccc(Cl)cc1. The van der Waals surface area contributed by atoms with E-state index in [4.69, 9.17) is 16.3 Å². The lowest BCUT2D eigenvalue weighted by Gasteiger charge is -2.08. The zero-order valence-corrected chi connectivity index (χ0v) is 10.3. The summed E-state index contributed by atoms with van der Waals surface area (Å²) in [6.07, 6.45) is 0. The molecule has 0 aliphatic rings. The molecule has 0 fully saturated rings. The highest BCUT2D eigenvalue weighted by Crippen LogP contribution is 2.34. The number of ether oxygens (including phenoxy) is 1. The number of benzene rings is 2. The van der Waals surface area contributed by atoms with Crippen molar-refractivity contribution in [2.24, 2.45) is 0 Å². The predicted octanol–water partition coefficient (Wildman–Crippen LogP) is 4.35. The molecule has 92 valence electrons. The number of aryl methyl sites for hydroxylation is 1. The number of nitro groups is 1. The van der Waals surface area contributed by atoms with Crippen molar-refractivity contribution < 1.29 is 9.66 Å². The van der Waals surface area contributed by atoms with Crippen LogP contribution in [0.25, 0.3) is 0 Å². The van der Waals surface area contributed by atoms with Gasteiger partial charge in [-0.15, -0.1) is 0 Å². The van der Waals surface area contributed by atoms with Crippen LogP contribution in [0, 0.1) is 17.0 Å². The van der Waals surface area contributed by atoms with Crippen LogP contribution in [-0.2, 0) is 0 Å². The summed E-state index contributed by atoms with van der Waals surface area (Å²) in [5.41, 5.74) is 0.657. The topological polar surface area (TPSA) is 52.4 Å². The van der Waals surface area contributed by atoms with E-state index in [-0.39, 0.29) is 11.4 Å². The zero-order valence-electron chi connectivity index (χ0n) is 9.59. The summed E-state index contributed by atoms with van der Waals surface area (Å²) in [5.74, 6) is 0.765. The summed E-state index contributed by atoms with van der Waals surface area (Å²) < 4.78 is 5.56. The summed E-state index contributed by atoms with van der Waals surface area (Å²) in [4.78, 5) is 10.5. The standard InChI is InChI=1S/C13H10ClNO3/c1-9-3-2-4-12(15(16)17)13(9)18-11-7-5-10(14)6-8-11/h2-8H,1H3. The number of para-hydroxylation sites is 1. The average molecular weight is 264 g/mol. The molecular weight excluding hydrogens is 254 g/mol. The zero-order chi connectivity index (χ0) is 13.1. The van der Waals surface area contributed by atoms with Crippen molar-refractivity contribution in [3.8, 4) is 11.5 Å². The summed E-state index contributed by atoms with van der Waals surface area (Å²) in [5, 5.41) is 11.5. The average Bonchev–Trinajstić information content (AvgIpc) is 2.34. The normalized spacial score (nSPS) is 10.1. The third-order valence-electron chi connectivity index (χ3n) is 2.42. The van der Waals surface area contributed by atoms with Gasteiger partial charge in [0.25, 0.3) is 0 Å². The molecule has 2 rings (SSSR count). The van der Waals surface area contributed by atoms with Crippen LogP contribution in [0.2, 0.25) is 5.02 Å². The van der Waals surface area contributed by atoms with Gasteiger partial charge in [0.2, 0.25) is 5.75 Å². The van der Waals surface area contributed by atoms with Crippen molar-refractivity contribution in [3.05, 3.63) is 63.2 Å². The molecule has 2 aromatic carbocycles. The van der Waals surface area contributed by atoms with E-state index < -0.39 is 4.92 Å². The highest BCUT2D eigenvalue weighted by atomic mass is 35.5. The molecule has 0 N–H and O–H groups in total. The molecule has 0 unspecified atom stereocenters. The highest BCUT2D eigenvalue weighted by Gasteiger charge is 2.17. The number of nitro benzene ring substituents is 1. The predicted molar refractivity (Wildman–Crippen MR) is 69.4 cm³/mol. The first-order valence-corrected chi connectivity index (χ1v) is 5.63. The molecule has 0 saturated heterocycles. The van der Waals surface area contributed by atoms with Gasteiger partial charge in [-0.1, -0.05) is 23.7 Å². The lowest BCUT2D eigenvalue weighted by Crippen LogP contribution is -1.95. The lowest BCUT2D eigenvalue weighted by molar-refractivity contribution is -0.385. The first-order valence-electron chi connectivity index (χ1n) is 5.25. The van der Waals surface area contributed by atoms with Crippen LogP contribution in [-0.4, -0.2) is 4.92 Å². The maximum Gasteiger partial charge on any atom is 0.311 e. The number of hydrogen-bond acceptors (Lipinski definition) is 3. The first-order chi connectivity index (χ1) is 8.58. The van der Waals surface area contributed by atoms with Gasteiger partial charge in [-0.2, -0.15) is 0 Å². The van der Waals surface area contributed by atoms with Crippen LogP contribution >= 0.6 is 11.6 Å². The van der Waals surface area contributed by atoms with Crippen LogP contribution in [0.4, 0.5) is 5.69 Å². The Morgan fingerprint density at radius 2 is 1.83 bits per heavy atom. The van der Waals surface area contributed by atoms with Crippen LogP contribution in [0.3, 0.4) is 0 Å². The second-order valence-electron chi connectivity index (χ2n) is 3.74. The van der Waals surface area contributed by atoms with Gasteiger partial charge in [-0.05, 0) is 36.8 Å². The fourth-order valence-electron chi connectivity index (χ4n) is 1.53. The van der Waals surface area contributed by atoms with Gasteiger partial charge < -0.3 is 4.74 Å². The van der Waals surface area contributed by atoms with Gasteiger partial charge in [0.1, 0.15) is 5.75 Å². The second-order valence-corrected chi connectivity index (χ2v) is 4.17. The minimum absolute atomic E-state index is 0.0510. The minimum atomic E-state index is -0.460. The Morgan fingerprint density at radius 3 is 2.44 bits per heavy atom. The molecule has 0 spiro atoms. The Hall–Kier alpha value is -2.07. The fraction of sp³-hybridized carbons (Fsp3) is 0.0769. The molecule has 0 bridgehead atoms. The van der Waals surface area contributed by atoms with Crippen LogP contribution in [0.1, 0.15) is 5.56 Å². The molecule has 0 atom stereocenters. The summed E-state index contributed by atoms with van der Waals surface area (Å²) in [6, 6.07) is 11.5.